The third-order valence-electron chi connectivity index (χ3n) is 4.04. The molecule has 1 fully saturated rings. The molecular weight excluding hydrogens is 358 g/mol. The van der Waals surface area contributed by atoms with Gasteiger partial charge in [-0.2, -0.15) is 5.10 Å². The van der Waals surface area contributed by atoms with Crippen LogP contribution in [0.3, 0.4) is 0 Å². The smallest absolute Gasteiger partial charge is 0.338 e. The highest BCUT2D eigenvalue weighted by Gasteiger charge is 2.20. The molecule has 8 nitrogen and oxygen atoms in total. The van der Waals surface area contributed by atoms with E-state index >= 15 is 0 Å². The average Bonchev–Trinajstić information content (AvgIpc) is 3.34. The normalized spacial score (nSPS) is 17.3. The number of ether oxygens (including phenoxy) is 2. The van der Waals surface area contributed by atoms with Crippen molar-refractivity contribution in [2.24, 2.45) is 0 Å². The van der Waals surface area contributed by atoms with Crippen LogP contribution in [-0.2, 0) is 26.0 Å². The SMILES string of the molecule is O=C(OCCn1cccn1)c1ccc(S(=O)(=O)NCC2CCCO2)cc1. The van der Waals surface area contributed by atoms with Gasteiger partial charge >= 0.3 is 5.97 Å². The highest BCUT2D eigenvalue weighted by Crippen LogP contribution is 2.14. The Hall–Kier alpha value is -2.23. The molecule has 0 bridgehead atoms. The second-order valence-electron chi connectivity index (χ2n) is 5.92. The topological polar surface area (TPSA) is 99.5 Å². The second-order valence-corrected chi connectivity index (χ2v) is 7.68. The Morgan fingerprint density at radius 2 is 2.15 bits per heavy atom. The third-order valence-corrected chi connectivity index (χ3v) is 5.48. The van der Waals surface area contributed by atoms with Crippen molar-refractivity contribution in [1.29, 1.82) is 0 Å². The first-order valence-corrected chi connectivity index (χ1v) is 9.89. The highest BCUT2D eigenvalue weighted by atomic mass is 32.2. The van der Waals surface area contributed by atoms with E-state index in [-0.39, 0.29) is 24.2 Å². The summed E-state index contributed by atoms with van der Waals surface area (Å²) in [6.45, 7) is 1.56. The van der Waals surface area contributed by atoms with Gasteiger partial charge in [-0.3, -0.25) is 4.68 Å². The van der Waals surface area contributed by atoms with Gasteiger partial charge in [-0.15, -0.1) is 0 Å². The predicted octanol–water partition coefficient (Wildman–Crippen LogP) is 1.20. The van der Waals surface area contributed by atoms with Crippen molar-refractivity contribution in [1.82, 2.24) is 14.5 Å². The molecule has 3 rings (SSSR count). The van der Waals surface area contributed by atoms with Crippen LogP contribution in [0.15, 0.2) is 47.6 Å². The minimum atomic E-state index is -3.63. The summed E-state index contributed by atoms with van der Waals surface area (Å²) in [4.78, 5) is 12.1. The van der Waals surface area contributed by atoms with Gasteiger partial charge in [0, 0.05) is 25.5 Å². The molecule has 1 aromatic heterocycles. The van der Waals surface area contributed by atoms with E-state index < -0.39 is 16.0 Å². The standard InChI is InChI=1S/C17H21N3O5S/c21-17(25-12-10-20-9-2-8-18-20)14-4-6-16(7-5-14)26(22,23)19-13-15-3-1-11-24-15/h2,4-9,15,19H,1,3,10-13H2. The van der Waals surface area contributed by atoms with Crippen LogP contribution in [-0.4, -0.2) is 50.0 Å². The van der Waals surface area contributed by atoms with Crippen LogP contribution in [0.25, 0.3) is 0 Å². The number of aromatic nitrogens is 2. The fraction of sp³-hybridized carbons (Fsp3) is 0.412. The first-order valence-electron chi connectivity index (χ1n) is 8.40. The maximum atomic E-state index is 12.3. The lowest BCUT2D eigenvalue weighted by molar-refractivity contribution is 0.0487. The zero-order chi connectivity index (χ0) is 18.4. The fourth-order valence-corrected chi connectivity index (χ4v) is 3.68. The van der Waals surface area contributed by atoms with Crippen molar-refractivity contribution in [3.05, 3.63) is 48.3 Å². The number of carbonyl (C=O) groups is 1. The average molecular weight is 379 g/mol. The Morgan fingerprint density at radius 3 is 2.81 bits per heavy atom. The molecule has 1 unspecified atom stereocenters. The molecule has 1 saturated heterocycles. The summed E-state index contributed by atoms with van der Waals surface area (Å²) in [6, 6.07) is 7.45. The Labute approximate surface area is 152 Å². The van der Waals surface area contributed by atoms with Gasteiger partial charge in [0.25, 0.3) is 0 Å². The van der Waals surface area contributed by atoms with E-state index in [1.807, 2.05) is 0 Å². The van der Waals surface area contributed by atoms with Crippen molar-refractivity contribution in [2.75, 3.05) is 19.8 Å². The summed E-state index contributed by atoms with van der Waals surface area (Å²) in [5.74, 6) is -0.506. The van der Waals surface area contributed by atoms with E-state index in [1.54, 1.807) is 23.1 Å². The summed E-state index contributed by atoms with van der Waals surface area (Å²) in [5, 5.41) is 4.01. The van der Waals surface area contributed by atoms with Gasteiger partial charge in [0.1, 0.15) is 6.61 Å². The molecule has 2 heterocycles. The molecule has 2 aromatic rings. The van der Waals surface area contributed by atoms with Gasteiger partial charge in [0.05, 0.1) is 23.1 Å². The third kappa shape index (κ3) is 4.90. The lowest BCUT2D eigenvalue weighted by Crippen LogP contribution is -2.31. The van der Waals surface area contributed by atoms with Gasteiger partial charge < -0.3 is 9.47 Å². The molecule has 0 radical (unpaired) electrons. The van der Waals surface area contributed by atoms with Crippen LogP contribution in [0, 0.1) is 0 Å². The monoisotopic (exact) mass is 379 g/mol. The maximum absolute atomic E-state index is 12.3. The minimum Gasteiger partial charge on any atom is -0.460 e. The van der Waals surface area contributed by atoms with E-state index in [0.29, 0.717) is 18.7 Å². The highest BCUT2D eigenvalue weighted by molar-refractivity contribution is 7.89. The number of nitrogens with zero attached hydrogens (tertiary/aromatic N) is 2. The quantitative estimate of drug-likeness (QED) is 0.692. The zero-order valence-corrected chi connectivity index (χ0v) is 15.0. The van der Waals surface area contributed by atoms with Crippen molar-refractivity contribution in [3.8, 4) is 0 Å². The molecule has 1 N–H and O–H groups in total. The zero-order valence-electron chi connectivity index (χ0n) is 14.2. The number of nitrogens with one attached hydrogen (secondary N) is 1. The summed E-state index contributed by atoms with van der Waals surface area (Å²) in [7, 11) is -3.63. The van der Waals surface area contributed by atoms with Crippen LogP contribution in [0.2, 0.25) is 0 Å². The van der Waals surface area contributed by atoms with Gasteiger partial charge in [-0.25, -0.2) is 17.9 Å². The molecule has 26 heavy (non-hydrogen) atoms. The number of sulfonamides is 1. The Bertz CT molecular complexity index is 813. The number of carbonyl (C=O) groups excluding carboxylic acids is 1. The molecule has 0 saturated carbocycles. The van der Waals surface area contributed by atoms with Crippen molar-refractivity contribution in [2.45, 2.75) is 30.4 Å². The molecule has 1 aliphatic heterocycles. The molecule has 0 amide bonds. The summed E-state index contributed by atoms with van der Waals surface area (Å²) in [5.41, 5.74) is 0.295. The Morgan fingerprint density at radius 1 is 1.35 bits per heavy atom. The largest absolute Gasteiger partial charge is 0.460 e. The lowest BCUT2D eigenvalue weighted by Gasteiger charge is -2.11. The van der Waals surface area contributed by atoms with Crippen molar-refractivity contribution < 1.29 is 22.7 Å². The van der Waals surface area contributed by atoms with Crippen LogP contribution in [0.5, 0.6) is 0 Å². The summed E-state index contributed by atoms with van der Waals surface area (Å²) >= 11 is 0. The van der Waals surface area contributed by atoms with Gasteiger partial charge in [-0.1, -0.05) is 0 Å². The molecular formula is C17H21N3O5S. The van der Waals surface area contributed by atoms with Crippen LogP contribution < -0.4 is 4.72 Å². The maximum Gasteiger partial charge on any atom is 0.338 e. The van der Waals surface area contributed by atoms with Crippen molar-refractivity contribution >= 4 is 16.0 Å². The van der Waals surface area contributed by atoms with E-state index in [4.69, 9.17) is 9.47 Å². The second kappa shape index (κ2) is 8.43. The van der Waals surface area contributed by atoms with Crippen LogP contribution in [0.1, 0.15) is 23.2 Å². The Kier molecular flexibility index (Phi) is 6.02. The number of esters is 1. The number of hydrogen-bond donors (Lipinski definition) is 1. The van der Waals surface area contributed by atoms with Crippen molar-refractivity contribution in [3.63, 3.8) is 0 Å². The Balaban J connectivity index is 1.52. The lowest BCUT2D eigenvalue weighted by atomic mass is 10.2. The first kappa shape index (κ1) is 18.6. The minimum absolute atomic E-state index is 0.0752. The van der Waals surface area contributed by atoms with Crippen LogP contribution >= 0.6 is 0 Å². The van der Waals surface area contributed by atoms with E-state index in [1.165, 1.54) is 24.3 Å². The van der Waals surface area contributed by atoms with Gasteiger partial charge in [-0.05, 0) is 43.2 Å². The molecule has 0 spiro atoms. The molecule has 1 aromatic carbocycles. The first-order chi connectivity index (χ1) is 12.5. The van der Waals surface area contributed by atoms with E-state index in [0.717, 1.165) is 12.8 Å². The molecule has 0 aliphatic carbocycles. The summed E-state index contributed by atoms with van der Waals surface area (Å²) < 4.78 is 39.3. The predicted molar refractivity (Wildman–Crippen MR) is 93.1 cm³/mol. The number of hydrogen-bond acceptors (Lipinski definition) is 6. The van der Waals surface area contributed by atoms with Gasteiger partial charge in [0.2, 0.25) is 10.0 Å². The molecule has 9 heteroatoms. The number of rotatable bonds is 8. The number of benzene rings is 1. The molecule has 1 aliphatic rings. The molecule has 1 atom stereocenters. The fourth-order valence-electron chi connectivity index (χ4n) is 2.61. The molecule has 140 valence electrons. The summed E-state index contributed by atoms with van der Waals surface area (Å²) in [6.07, 6.45) is 5.15. The van der Waals surface area contributed by atoms with Crippen LogP contribution in [0.4, 0.5) is 0 Å². The van der Waals surface area contributed by atoms with E-state index in [2.05, 4.69) is 9.82 Å². The van der Waals surface area contributed by atoms with E-state index in [9.17, 15) is 13.2 Å². The van der Waals surface area contributed by atoms with Gasteiger partial charge in [0.15, 0.2) is 0 Å².